The molecule has 0 saturated carbocycles. The summed E-state index contributed by atoms with van der Waals surface area (Å²) in [4.78, 5) is 12.3. The Kier molecular flexibility index (Phi) is 5.35. The Labute approximate surface area is 131 Å². The number of hydrogen-bond donors (Lipinski definition) is 1. The molecule has 0 aliphatic carbocycles. The second-order valence-electron chi connectivity index (χ2n) is 4.40. The van der Waals surface area contributed by atoms with Crippen LogP contribution in [0.3, 0.4) is 0 Å². The molecule has 0 bridgehead atoms. The third-order valence-corrected chi connectivity index (χ3v) is 2.99. The first-order valence-corrected chi connectivity index (χ1v) is 6.62. The van der Waals surface area contributed by atoms with Crippen molar-refractivity contribution in [2.45, 2.75) is 6.61 Å². The second-order valence-corrected chi connectivity index (χ2v) is 4.40. The van der Waals surface area contributed by atoms with E-state index in [0.717, 1.165) is 0 Å². The number of para-hydroxylation sites is 1. The predicted octanol–water partition coefficient (Wildman–Crippen LogP) is 3.56. The number of nitrogens with one attached hydrogen (secondary N) is 1. The van der Waals surface area contributed by atoms with Gasteiger partial charge >= 0.3 is 6.61 Å². The van der Waals surface area contributed by atoms with Crippen LogP contribution in [0.2, 0.25) is 0 Å². The molecule has 122 valence electrons. The molecule has 0 atom stereocenters. The summed E-state index contributed by atoms with van der Waals surface area (Å²) in [7, 11) is 2.96. The lowest BCUT2D eigenvalue weighted by Crippen LogP contribution is -2.15. The molecular formula is C16H15F2NO4. The quantitative estimate of drug-likeness (QED) is 0.883. The van der Waals surface area contributed by atoms with E-state index in [1.807, 2.05) is 0 Å². The van der Waals surface area contributed by atoms with Gasteiger partial charge < -0.3 is 19.5 Å². The van der Waals surface area contributed by atoms with Crippen LogP contribution in [0, 0.1) is 0 Å². The predicted molar refractivity (Wildman–Crippen MR) is 80.6 cm³/mol. The summed E-state index contributed by atoms with van der Waals surface area (Å²) in [6, 6.07) is 10.6. The highest BCUT2D eigenvalue weighted by Gasteiger charge is 2.16. The van der Waals surface area contributed by atoms with Crippen LogP contribution in [-0.4, -0.2) is 26.7 Å². The molecule has 0 heterocycles. The molecule has 0 unspecified atom stereocenters. The Morgan fingerprint density at radius 1 is 1.00 bits per heavy atom. The van der Waals surface area contributed by atoms with Crippen LogP contribution in [0.15, 0.2) is 42.5 Å². The minimum absolute atomic E-state index is 0.00239. The van der Waals surface area contributed by atoms with Gasteiger partial charge in [0.05, 0.1) is 19.8 Å². The average molecular weight is 323 g/mol. The van der Waals surface area contributed by atoms with Crippen molar-refractivity contribution in [2.75, 3.05) is 19.5 Å². The van der Waals surface area contributed by atoms with Gasteiger partial charge in [-0.05, 0) is 24.3 Å². The second kappa shape index (κ2) is 7.44. The lowest BCUT2D eigenvalue weighted by atomic mass is 10.2. The largest absolute Gasteiger partial charge is 0.493 e. The van der Waals surface area contributed by atoms with Gasteiger partial charge in [-0.25, -0.2) is 0 Å². The zero-order valence-corrected chi connectivity index (χ0v) is 12.5. The van der Waals surface area contributed by atoms with Gasteiger partial charge in [-0.15, -0.1) is 0 Å². The summed E-state index contributed by atoms with van der Waals surface area (Å²) in [5.74, 6) is 0.170. The highest BCUT2D eigenvalue weighted by molar-refractivity contribution is 6.06. The summed E-state index contributed by atoms with van der Waals surface area (Å²) in [6.07, 6.45) is 0. The monoisotopic (exact) mass is 323 g/mol. The van der Waals surface area contributed by atoms with E-state index in [9.17, 15) is 13.6 Å². The SMILES string of the molecule is COc1ccc(NC(=O)c2ccccc2OC(F)F)cc1OC. The molecule has 0 spiro atoms. The fourth-order valence-corrected chi connectivity index (χ4v) is 1.97. The summed E-state index contributed by atoms with van der Waals surface area (Å²) < 4.78 is 39.4. The fourth-order valence-electron chi connectivity index (χ4n) is 1.97. The summed E-state index contributed by atoms with van der Waals surface area (Å²) >= 11 is 0. The minimum Gasteiger partial charge on any atom is -0.493 e. The number of carbonyl (C=O) groups is 1. The molecule has 2 aromatic carbocycles. The van der Waals surface area contributed by atoms with E-state index in [0.29, 0.717) is 17.2 Å². The average Bonchev–Trinajstić information content (AvgIpc) is 2.54. The molecule has 0 aromatic heterocycles. The van der Waals surface area contributed by atoms with Crippen molar-refractivity contribution in [2.24, 2.45) is 0 Å². The molecular weight excluding hydrogens is 308 g/mol. The fraction of sp³-hybridized carbons (Fsp3) is 0.188. The van der Waals surface area contributed by atoms with Gasteiger partial charge in [0.15, 0.2) is 11.5 Å². The van der Waals surface area contributed by atoms with Crippen LogP contribution >= 0.6 is 0 Å². The third kappa shape index (κ3) is 4.09. The Bertz CT molecular complexity index is 692. The molecule has 0 radical (unpaired) electrons. The molecule has 5 nitrogen and oxygen atoms in total. The Morgan fingerprint density at radius 3 is 2.35 bits per heavy atom. The third-order valence-electron chi connectivity index (χ3n) is 2.99. The van der Waals surface area contributed by atoms with E-state index in [1.165, 1.54) is 32.4 Å². The van der Waals surface area contributed by atoms with Crippen molar-refractivity contribution < 1.29 is 27.8 Å². The van der Waals surface area contributed by atoms with Crippen LogP contribution in [0.5, 0.6) is 17.2 Å². The van der Waals surface area contributed by atoms with Crippen LogP contribution in [0.4, 0.5) is 14.5 Å². The first-order valence-electron chi connectivity index (χ1n) is 6.62. The van der Waals surface area contributed by atoms with Crippen molar-refractivity contribution in [1.29, 1.82) is 0 Å². The summed E-state index contributed by atoms with van der Waals surface area (Å²) in [6.45, 7) is -3.01. The van der Waals surface area contributed by atoms with E-state index < -0.39 is 12.5 Å². The van der Waals surface area contributed by atoms with E-state index in [-0.39, 0.29) is 11.3 Å². The van der Waals surface area contributed by atoms with Crippen molar-refractivity contribution in [3.63, 3.8) is 0 Å². The maximum atomic E-state index is 12.4. The first-order chi connectivity index (χ1) is 11.0. The highest BCUT2D eigenvalue weighted by Crippen LogP contribution is 2.30. The summed E-state index contributed by atoms with van der Waals surface area (Å²) in [5, 5.41) is 2.60. The number of rotatable bonds is 6. The van der Waals surface area contributed by atoms with E-state index in [2.05, 4.69) is 10.1 Å². The molecule has 1 amide bonds. The number of methoxy groups -OCH3 is 2. The molecule has 0 fully saturated rings. The van der Waals surface area contributed by atoms with Gasteiger partial charge in [0.25, 0.3) is 5.91 Å². The molecule has 0 saturated heterocycles. The smallest absolute Gasteiger partial charge is 0.387 e. The number of ether oxygens (including phenoxy) is 3. The molecule has 7 heteroatoms. The van der Waals surface area contributed by atoms with Crippen LogP contribution in [-0.2, 0) is 0 Å². The number of halogens is 2. The van der Waals surface area contributed by atoms with Crippen molar-refractivity contribution in [3.8, 4) is 17.2 Å². The lowest BCUT2D eigenvalue weighted by molar-refractivity contribution is -0.0501. The van der Waals surface area contributed by atoms with Gasteiger partial charge in [-0.2, -0.15) is 8.78 Å². The standard InChI is InChI=1S/C16H15F2NO4/c1-21-13-8-7-10(9-14(13)22-2)19-15(20)11-5-3-4-6-12(11)23-16(17)18/h3-9,16H,1-2H3,(H,19,20). The molecule has 0 aliphatic rings. The van der Waals surface area contributed by atoms with Gasteiger partial charge in [0.2, 0.25) is 0 Å². The Hall–Kier alpha value is -2.83. The van der Waals surface area contributed by atoms with E-state index in [1.54, 1.807) is 24.3 Å². The number of carbonyl (C=O) groups excluding carboxylic acids is 1. The topological polar surface area (TPSA) is 56.8 Å². The Balaban J connectivity index is 2.23. The molecule has 1 N–H and O–H groups in total. The first kappa shape index (κ1) is 16.5. The molecule has 2 aromatic rings. The normalized spacial score (nSPS) is 10.3. The number of alkyl halides is 2. The van der Waals surface area contributed by atoms with Crippen LogP contribution < -0.4 is 19.5 Å². The van der Waals surface area contributed by atoms with E-state index in [4.69, 9.17) is 9.47 Å². The van der Waals surface area contributed by atoms with Gasteiger partial charge in [-0.1, -0.05) is 12.1 Å². The Morgan fingerprint density at radius 2 is 1.70 bits per heavy atom. The van der Waals surface area contributed by atoms with Crippen LogP contribution in [0.25, 0.3) is 0 Å². The number of amides is 1. The minimum atomic E-state index is -3.01. The number of hydrogen-bond acceptors (Lipinski definition) is 4. The lowest BCUT2D eigenvalue weighted by Gasteiger charge is -2.12. The van der Waals surface area contributed by atoms with Crippen molar-refractivity contribution >= 4 is 11.6 Å². The molecule has 23 heavy (non-hydrogen) atoms. The van der Waals surface area contributed by atoms with Crippen molar-refractivity contribution in [1.82, 2.24) is 0 Å². The van der Waals surface area contributed by atoms with Crippen molar-refractivity contribution in [3.05, 3.63) is 48.0 Å². The van der Waals surface area contributed by atoms with Gasteiger partial charge in [0, 0.05) is 11.8 Å². The van der Waals surface area contributed by atoms with Crippen LogP contribution in [0.1, 0.15) is 10.4 Å². The number of anilines is 1. The molecule has 2 rings (SSSR count). The van der Waals surface area contributed by atoms with Gasteiger partial charge in [-0.3, -0.25) is 4.79 Å². The van der Waals surface area contributed by atoms with Gasteiger partial charge in [0.1, 0.15) is 5.75 Å². The maximum Gasteiger partial charge on any atom is 0.387 e. The highest BCUT2D eigenvalue weighted by atomic mass is 19.3. The number of benzene rings is 2. The zero-order valence-electron chi connectivity index (χ0n) is 12.5. The zero-order chi connectivity index (χ0) is 16.8. The van der Waals surface area contributed by atoms with E-state index >= 15 is 0 Å². The summed E-state index contributed by atoms with van der Waals surface area (Å²) in [5.41, 5.74) is 0.432. The maximum absolute atomic E-state index is 12.4. The molecule has 0 aliphatic heterocycles.